The largest absolute Gasteiger partial charge is 0.326 e. The molecule has 7 heteroatoms. The summed E-state index contributed by atoms with van der Waals surface area (Å²) in [4.78, 5) is 10.9. The topological polar surface area (TPSA) is 63.2 Å². The third kappa shape index (κ3) is 3.88. The molecule has 0 atom stereocenters. The van der Waals surface area contributed by atoms with Crippen molar-refractivity contribution in [2.75, 3.05) is 5.32 Å². The SMILES string of the molecule is CC(=O)Nc1ccc(S(=O)(=O)Cc2ccc(F)cc2F)cc1. The number of carbonyl (C=O) groups is 1. The van der Waals surface area contributed by atoms with E-state index in [1.165, 1.54) is 31.2 Å². The van der Waals surface area contributed by atoms with Gasteiger partial charge in [0.1, 0.15) is 11.6 Å². The van der Waals surface area contributed by atoms with Crippen molar-refractivity contribution in [2.24, 2.45) is 0 Å². The number of carbonyl (C=O) groups excluding carboxylic acids is 1. The highest BCUT2D eigenvalue weighted by molar-refractivity contribution is 7.90. The Morgan fingerprint density at radius 1 is 1.09 bits per heavy atom. The van der Waals surface area contributed by atoms with Gasteiger partial charge in [-0.15, -0.1) is 0 Å². The van der Waals surface area contributed by atoms with Gasteiger partial charge < -0.3 is 5.32 Å². The average Bonchev–Trinajstić information content (AvgIpc) is 2.42. The Kier molecular flexibility index (Phi) is 4.56. The molecule has 2 aromatic rings. The molecular formula is C15H13F2NO3S. The van der Waals surface area contributed by atoms with Crippen LogP contribution in [0.2, 0.25) is 0 Å². The molecule has 1 N–H and O–H groups in total. The number of nitrogens with one attached hydrogen (secondary N) is 1. The fourth-order valence-corrected chi connectivity index (χ4v) is 3.24. The third-order valence-corrected chi connectivity index (χ3v) is 4.58. The molecule has 116 valence electrons. The normalized spacial score (nSPS) is 11.2. The number of hydrogen-bond acceptors (Lipinski definition) is 3. The number of benzene rings is 2. The Morgan fingerprint density at radius 2 is 1.73 bits per heavy atom. The molecule has 0 saturated heterocycles. The summed E-state index contributed by atoms with van der Waals surface area (Å²) in [6, 6.07) is 8.28. The van der Waals surface area contributed by atoms with Gasteiger partial charge in [0.25, 0.3) is 0 Å². The number of rotatable bonds is 4. The highest BCUT2D eigenvalue weighted by atomic mass is 32.2. The molecule has 0 aromatic heterocycles. The van der Waals surface area contributed by atoms with Crippen LogP contribution >= 0.6 is 0 Å². The van der Waals surface area contributed by atoms with Crippen LogP contribution in [0.25, 0.3) is 0 Å². The quantitative estimate of drug-likeness (QED) is 0.940. The summed E-state index contributed by atoms with van der Waals surface area (Å²) in [5, 5.41) is 2.51. The van der Waals surface area contributed by atoms with E-state index in [0.717, 1.165) is 12.1 Å². The fraction of sp³-hybridized carbons (Fsp3) is 0.133. The minimum absolute atomic E-state index is 0.00896. The van der Waals surface area contributed by atoms with Crippen molar-refractivity contribution >= 4 is 21.4 Å². The lowest BCUT2D eigenvalue weighted by molar-refractivity contribution is -0.114. The van der Waals surface area contributed by atoms with Gasteiger partial charge in [-0.05, 0) is 30.3 Å². The molecule has 0 radical (unpaired) electrons. The van der Waals surface area contributed by atoms with Crippen molar-refractivity contribution in [3.05, 3.63) is 59.7 Å². The lowest BCUT2D eigenvalue weighted by atomic mass is 10.2. The highest BCUT2D eigenvalue weighted by Crippen LogP contribution is 2.20. The first-order chi connectivity index (χ1) is 10.3. The molecule has 22 heavy (non-hydrogen) atoms. The Morgan fingerprint density at radius 3 is 2.27 bits per heavy atom. The van der Waals surface area contributed by atoms with Crippen molar-refractivity contribution in [3.63, 3.8) is 0 Å². The van der Waals surface area contributed by atoms with E-state index in [0.29, 0.717) is 11.8 Å². The second-order valence-corrected chi connectivity index (χ2v) is 6.69. The number of amides is 1. The summed E-state index contributed by atoms with van der Waals surface area (Å²) < 4.78 is 50.8. The molecule has 0 unspecified atom stereocenters. The predicted molar refractivity (Wildman–Crippen MR) is 78.0 cm³/mol. The van der Waals surface area contributed by atoms with Crippen LogP contribution in [-0.2, 0) is 20.4 Å². The zero-order valence-corrected chi connectivity index (χ0v) is 12.5. The van der Waals surface area contributed by atoms with Crippen LogP contribution in [-0.4, -0.2) is 14.3 Å². The maximum absolute atomic E-state index is 13.6. The lowest BCUT2D eigenvalue weighted by Crippen LogP contribution is -2.08. The molecule has 2 rings (SSSR count). The lowest BCUT2D eigenvalue weighted by Gasteiger charge is -2.07. The molecule has 0 aliphatic rings. The van der Waals surface area contributed by atoms with Crippen LogP contribution in [0, 0.1) is 11.6 Å². The number of halogens is 2. The molecule has 0 aliphatic heterocycles. The summed E-state index contributed by atoms with van der Waals surface area (Å²) in [6.45, 7) is 1.34. The molecular weight excluding hydrogens is 312 g/mol. The Labute approximate surface area is 126 Å². The van der Waals surface area contributed by atoms with E-state index in [9.17, 15) is 22.0 Å². The van der Waals surface area contributed by atoms with Crippen molar-refractivity contribution in [1.29, 1.82) is 0 Å². The monoisotopic (exact) mass is 325 g/mol. The number of sulfone groups is 1. The standard InChI is InChI=1S/C15H13F2NO3S/c1-10(19)18-13-4-6-14(7-5-13)22(20,21)9-11-2-3-12(16)8-15(11)17/h2-8H,9H2,1H3,(H,18,19). The summed E-state index contributed by atoms with van der Waals surface area (Å²) >= 11 is 0. The molecule has 2 aromatic carbocycles. The number of anilines is 1. The average molecular weight is 325 g/mol. The van der Waals surface area contributed by atoms with E-state index in [1.807, 2.05) is 0 Å². The fourth-order valence-electron chi connectivity index (χ4n) is 1.88. The third-order valence-electron chi connectivity index (χ3n) is 2.89. The molecule has 0 bridgehead atoms. The van der Waals surface area contributed by atoms with E-state index < -0.39 is 27.2 Å². The van der Waals surface area contributed by atoms with Crippen molar-refractivity contribution in [1.82, 2.24) is 0 Å². The molecule has 0 aliphatic carbocycles. The number of hydrogen-bond donors (Lipinski definition) is 1. The van der Waals surface area contributed by atoms with E-state index in [2.05, 4.69) is 5.32 Å². The van der Waals surface area contributed by atoms with Gasteiger partial charge in [-0.3, -0.25) is 4.79 Å². The van der Waals surface area contributed by atoms with Crippen molar-refractivity contribution in [3.8, 4) is 0 Å². The van der Waals surface area contributed by atoms with E-state index in [1.54, 1.807) is 0 Å². The zero-order chi connectivity index (χ0) is 16.3. The predicted octanol–water partition coefficient (Wildman–Crippen LogP) is 2.90. The van der Waals surface area contributed by atoms with Crippen LogP contribution in [0.3, 0.4) is 0 Å². The van der Waals surface area contributed by atoms with Crippen LogP contribution in [0.15, 0.2) is 47.4 Å². The van der Waals surface area contributed by atoms with Gasteiger partial charge in [0.15, 0.2) is 9.84 Å². The molecule has 4 nitrogen and oxygen atoms in total. The maximum Gasteiger partial charge on any atom is 0.221 e. The summed E-state index contributed by atoms with van der Waals surface area (Å²) in [7, 11) is -3.77. The second kappa shape index (κ2) is 6.23. The second-order valence-electron chi connectivity index (χ2n) is 4.70. The molecule has 0 heterocycles. The van der Waals surface area contributed by atoms with Gasteiger partial charge in [-0.25, -0.2) is 17.2 Å². The first kappa shape index (κ1) is 16.1. The Bertz CT molecular complexity index is 802. The maximum atomic E-state index is 13.6. The van der Waals surface area contributed by atoms with E-state index >= 15 is 0 Å². The van der Waals surface area contributed by atoms with Gasteiger partial charge in [0, 0.05) is 24.2 Å². The molecule has 0 fully saturated rings. The van der Waals surface area contributed by atoms with Crippen LogP contribution in [0.1, 0.15) is 12.5 Å². The van der Waals surface area contributed by atoms with Crippen LogP contribution in [0.5, 0.6) is 0 Å². The first-order valence-electron chi connectivity index (χ1n) is 6.32. The van der Waals surface area contributed by atoms with Crippen molar-refractivity contribution < 1.29 is 22.0 Å². The van der Waals surface area contributed by atoms with Gasteiger partial charge in [-0.2, -0.15) is 0 Å². The Balaban J connectivity index is 2.24. The van der Waals surface area contributed by atoms with Gasteiger partial charge in [0.2, 0.25) is 5.91 Å². The molecule has 1 amide bonds. The van der Waals surface area contributed by atoms with Crippen molar-refractivity contribution in [2.45, 2.75) is 17.6 Å². The Hall–Kier alpha value is -2.28. The van der Waals surface area contributed by atoms with Gasteiger partial charge >= 0.3 is 0 Å². The first-order valence-corrected chi connectivity index (χ1v) is 7.97. The molecule has 0 spiro atoms. The van der Waals surface area contributed by atoms with Crippen LogP contribution < -0.4 is 5.32 Å². The van der Waals surface area contributed by atoms with Gasteiger partial charge in [-0.1, -0.05) is 6.07 Å². The van der Waals surface area contributed by atoms with E-state index in [-0.39, 0.29) is 16.4 Å². The summed E-state index contributed by atoms with van der Waals surface area (Å²) in [5.41, 5.74) is 0.353. The smallest absolute Gasteiger partial charge is 0.221 e. The minimum atomic E-state index is -3.77. The van der Waals surface area contributed by atoms with E-state index in [4.69, 9.17) is 0 Å². The van der Waals surface area contributed by atoms with Crippen LogP contribution in [0.4, 0.5) is 14.5 Å². The van der Waals surface area contributed by atoms with Gasteiger partial charge in [0.05, 0.1) is 10.6 Å². The zero-order valence-electron chi connectivity index (χ0n) is 11.6. The minimum Gasteiger partial charge on any atom is -0.326 e. The molecule has 0 saturated carbocycles. The summed E-state index contributed by atoms with van der Waals surface area (Å²) in [5.74, 6) is -2.51. The summed E-state index contributed by atoms with van der Waals surface area (Å²) in [6.07, 6.45) is 0. The highest BCUT2D eigenvalue weighted by Gasteiger charge is 2.18.